The van der Waals surface area contributed by atoms with Crippen LogP contribution < -0.4 is 10.4 Å². The van der Waals surface area contributed by atoms with Crippen LogP contribution in [0.25, 0.3) is 0 Å². The van der Waals surface area contributed by atoms with E-state index in [9.17, 15) is 0 Å². The molecule has 2 rings (SSSR count). The van der Waals surface area contributed by atoms with Crippen LogP contribution in [0, 0.1) is 0 Å². The molecule has 98 valence electrons. The molecule has 0 nitrogen and oxygen atoms in total. The molecular weight excluding hydrogens is 385 g/mol. The fourth-order valence-corrected chi connectivity index (χ4v) is 4.00. The first-order valence-corrected chi connectivity index (χ1v) is 8.22. The molecule has 2 aromatic carbocycles. The Kier molecular flexibility index (Phi) is 5.35. The van der Waals surface area contributed by atoms with E-state index in [1.165, 1.54) is 0 Å². The maximum atomic E-state index is 6.16. The molecule has 0 spiro atoms. The summed E-state index contributed by atoms with van der Waals surface area (Å²) in [6.45, 7) is 0. The highest BCUT2D eigenvalue weighted by Gasteiger charge is 2.14. The average molecular weight is 389 g/mol. The van der Waals surface area contributed by atoms with E-state index in [2.05, 4.69) is 0 Å². The Bertz CT molecular complexity index is 585. The third-order valence-electron chi connectivity index (χ3n) is 2.34. The van der Waals surface area contributed by atoms with Crippen molar-refractivity contribution in [2.45, 2.75) is 0 Å². The first-order valence-electron chi connectivity index (χ1n) is 4.96. The zero-order valence-electron chi connectivity index (χ0n) is 9.08. The maximum Gasteiger partial charge on any atom is 0.125 e. The summed E-state index contributed by atoms with van der Waals surface area (Å²) in [5.41, 5.74) is 0. The van der Waals surface area contributed by atoms with Gasteiger partial charge in [-0.25, -0.2) is 0 Å². The Morgan fingerprint density at radius 2 is 0.895 bits per heavy atom. The summed E-state index contributed by atoms with van der Waals surface area (Å²) in [7, 11) is 0.210. The highest BCUT2D eigenvalue weighted by atomic mass is 35.5. The van der Waals surface area contributed by atoms with E-state index < -0.39 is 0 Å². The lowest BCUT2D eigenvalue weighted by molar-refractivity contribution is 1.73. The van der Waals surface area contributed by atoms with Crippen molar-refractivity contribution in [1.29, 1.82) is 0 Å². The van der Waals surface area contributed by atoms with Crippen molar-refractivity contribution in [3.8, 4) is 0 Å². The molecule has 0 heterocycles. The molecule has 0 unspecified atom stereocenters. The molecule has 19 heavy (non-hydrogen) atoms. The van der Waals surface area contributed by atoms with Gasteiger partial charge in [-0.15, -0.1) is 0 Å². The van der Waals surface area contributed by atoms with Gasteiger partial charge in [-0.3, -0.25) is 0 Å². The van der Waals surface area contributed by atoms with Gasteiger partial charge in [-0.2, -0.15) is 0 Å². The van der Waals surface area contributed by atoms with E-state index in [-0.39, 0.29) is 9.52 Å². The highest BCUT2D eigenvalue weighted by molar-refractivity contribution is 6.74. The maximum absolute atomic E-state index is 6.16. The first kappa shape index (κ1) is 15.8. The standard InChI is InChI=1S/C12H4Cl6Si/c13-5-1-3-7(11(17)9(5)15)19-8-4-2-6(14)10(16)12(8)18/h1-4H. The molecule has 0 aliphatic carbocycles. The highest BCUT2D eigenvalue weighted by Crippen LogP contribution is 2.29. The van der Waals surface area contributed by atoms with Crippen LogP contribution in [0.15, 0.2) is 24.3 Å². The van der Waals surface area contributed by atoms with E-state index in [1.807, 2.05) is 12.1 Å². The molecule has 0 saturated heterocycles. The summed E-state index contributed by atoms with van der Waals surface area (Å²) < 4.78 is 0. The third-order valence-corrected chi connectivity index (χ3v) is 6.62. The van der Waals surface area contributed by atoms with Gasteiger partial charge in [0.1, 0.15) is 9.52 Å². The van der Waals surface area contributed by atoms with E-state index in [1.54, 1.807) is 12.1 Å². The number of halogens is 6. The van der Waals surface area contributed by atoms with Gasteiger partial charge in [0.25, 0.3) is 0 Å². The molecule has 7 heteroatoms. The smallest absolute Gasteiger partial charge is 0.0828 e. The van der Waals surface area contributed by atoms with Gasteiger partial charge in [0.05, 0.1) is 30.1 Å². The van der Waals surface area contributed by atoms with E-state index in [0.717, 1.165) is 10.4 Å². The Morgan fingerprint density at radius 3 is 1.26 bits per heavy atom. The average Bonchev–Trinajstić information content (AvgIpc) is 2.39. The molecule has 2 aromatic rings. The topological polar surface area (TPSA) is 0 Å². The second-order valence-corrected chi connectivity index (χ2v) is 7.22. The molecule has 0 aliphatic rings. The molecule has 0 amide bonds. The number of hydrogen-bond donors (Lipinski definition) is 0. The summed E-state index contributed by atoms with van der Waals surface area (Å²) in [4.78, 5) is 0. The zero-order valence-corrected chi connectivity index (χ0v) is 14.6. The second kappa shape index (κ2) is 6.44. The SMILES string of the molecule is Clc1ccc([Si]c2ccc(Cl)c(Cl)c2Cl)c(Cl)c1Cl. The van der Waals surface area contributed by atoms with Crippen LogP contribution in [0.2, 0.25) is 30.1 Å². The van der Waals surface area contributed by atoms with Crippen molar-refractivity contribution in [3.63, 3.8) is 0 Å². The monoisotopic (exact) mass is 386 g/mol. The summed E-state index contributed by atoms with van der Waals surface area (Å²) in [6, 6.07) is 7.02. The summed E-state index contributed by atoms with van der Waals surface area (Å²) >= 11 is 36.1. The van der Waals surface area contributed by atoms with Crippen molar-refractivity contribution in [3.05, 3.63) is 54.4 Å². The van der Waals surface area contributed by atoms with Crippen LogP contribution in [0.5, 0.6) is 0 Å². The van der Waals surface area contributed by atoms with Gasteiger partial charge in [0.2, 0.25) is 0 Å². The van der Waals surface area contributed by atoms with Crippen LogP contribution in [0.3, 0.4) is 0 Å². The van der Waals surface area contributed by atoms with Crippen molar-refractivity contribution >= 4 is 89.5 Å². The minimum absolute atomic E-state index is 0.210. The van der Waals surface area contributed by atoms with Crippen molar-refractivity contribution in [1.82, 2.24) is 0 Å². The van der Waals surface area contributed by atoms with Gasteiger partial charge in [-0.05, 0) is 22.5 Å². The molecule has 0 fully saturated rings. The molecular formula is C12H4Cl6Si. The first-order chi connectivity index (χ1) is 8.91. The van der Waals surface area contributed by atoms with Crippen molar-refractivity contribution in [2.75, 3.05) is 0 Å². The number of benzene rings is 2. The molecule has 0 saturated carbocycles. The second-order valence-electron chi connectivity index (χ2n) is 3.57. The van der Waals surface area contributed by atoms with Gasteiger partial charge >= 0.3 is 0 Å². The fraction of sp³-hybridized carbons (Fsp3) is 0. The number of hydrogen-bond acceptors (Lipinski definition) is 0. The Labute approximate surface area is 143 Å². The lowest BCUT2D eigenvalue weighted by Gasteiger charge is -2.09. The molecule has 0 N–H and O–H groups in total. The molecule has 0 aliphatic heterocycles. The quantitative estimate of drug-likeness (QED) is 0.486. The summed E-state index contributed by atoms with van der Waals surface area (Å²) in [6.07, 6.45) is 0. The van der Waals surface area contributed by atoms with E-state index in [0.29, 0.717) is 30.1 Å². The van der Waals surface area contributed by atoms with Gasteiger partial charge < -0.3 is 0 Å². The van der Waals surface area contributed by atoms with Crippen LogP contribution in [0.4, 0.5) is 0 Å². The fourth-order valence-electron chi connectivity index (χ4n) is 1.39. The van der Waals surface area contributed by atoms with Gasteiger partial charge in [0.15, 0.2) is 0 Å². The van der Waals surface area contributed by atoms with E-state index >= 15 is 0 Å². The normalized spacial score (nSPS) is 10.8. The van der Waals surface area contributed by atoms with Crippen molar-refractivity contribution < 1.29 is 0 Å². The Hall–Kier alpha value is 0.397. The summed E-state index contributed by atoms with van der Waals surface area (Å²) in [5, 5.41) is 4.05. The van der Waals surface area contributed by atoms with Crippen LogP contribution in [-0.2, 0) is 0 Å². The predicted molar refractivity (Wildman–Crippen MR) is 88.0 cm³/mol. The van der Waals surface area contributed by atoms with Gasteiger partial charge in [-0.1, -0.05) is 81.7 Å². The minimum Gasteiger partial charge on any atom is -0.0828 e. The Balaban J connectivity index is 2.43. The Morgan fingerprint density at radius 1 is 0.526 bits per heavy atom. The van der Waals surface area contributed by atoms with Crippen LogP contribution >= 0.6 is 69.6 Å². The van der Waals surface area contributed by atoms with Crippen LogP contribution in [0.1, 0.15) is 0 Å². The van der Waals surface area contributed by atoms with Crippen LogP contribution in [-0.4, -0.2) is 9.52 Å². The summed E-state index contributed by atoms with van der Waals surface area (Å²) in [5.74, 6) is 0. The van der Waals surface area contributed by atoms with E-state index in [4.69, 9.17) is 69.6 Å². The third kappa shape index (κ3) is 3.35. The van der Waals surface area contributed by atoms with Crippen molar-refractivity contribution in [2.24, 2.45) is 0 Å². The zero-order chi connectivity index (χ0) is 14.2. The molecule has 0 atom stereocenters. The van der Waals surface area contributed by atoms with Gasteiger partial charge in [0, 0.05) is 0 Å². The lowest BCUT2D eigenvalue weighted by atomic mass is 10.3. The minimum atomic E-state index is 0.210. The predicted octanol–water partition coefficient (Wildman–Crippen LogP) is 5.26. The molecule has 2 radical (unpaired) electrons. The number of rotatable bonds is 2. The molecule has 0 bridgehead atoms. The lowest BCUT2D eigenvalue weighted by Crippen LogP contribution is -2.29. The largest absolute Gasteiger partial charge is 0.125 e. The molecule has 0 aromatic heterocycles.